The summed E-state index contributed by atoms with van der Waals surface area (Å²) < 4.78 is 4.73. The zero-order valence-corrected chi connectivity index (χ0v) is 14.6. The number of fused-ring (bicyclic) bond motifs is 1. The fraction of sp³-hybridized carbons (Fsp3) is 0.444. The Morgan fingerprint density at radius 1 is 1.23 bits per heavy atom. The van der Waals surface area contributed by atoms with Crippen LogP contribution in [0.1, 0.15) is 39.8 Å². The summed E-state index contributed by atoms with van der Waals surface area (Å²) in [4.78, 5) is 28.8. The standard InChI is InChI=1S/C18H21N5O3/c1-12-16(21-26-20-12)11-22-6-8-23(9-7-22)17(24)10-15-13-4-2-3-5-14(13)18(25)19-15/h2-5,15H,6-11H2,1H3,(H,19,25). The molecular formula is C18H21N5O3. The highest BCUT2D eigenvalue weighted by Crippen LogP contribution is 2.28. The number of rotatable bonds is 4. The molecule has 0 aliphatic carbocycles. The minimum absolute atomic E-state index is 0.0749. The molecule has 1 fully saturated rings. The lowest BCUT2D eigenvalue weighted by Gasteiger charge is -2.34. The van der Waals surface area contributed by atoms with Gasteiger partial charge in [-0.05, 0) is 18.6 Å². The molecule has 8 nitrogen and oxygen atoms in total. The van der Waals surface area contributed by atoms with Crippen LogP contribution in [0.5, 0.6) is 0 Å². The molecule has 0 radical (unpaired) electrons. The second-order valence-corrected chi connectivity index (χ2v) is 6.77. The number of nitrogens with zero attached hydrogens (tertiary/aromatic N) is 4. The number of carbonyl (C=O) groups is 2. The van der Waals surface area contributed by atoms with Gasteiger partial charge in [0.25, 0.3) is 5.91 Å². The van der Waals surface area contributed by atoms with Crippen molar-refractivity contribution in [2.24, 2.45) is 0 Å². The van der Waals surface area contributed by atoms with Crippen molar-refractivity contribution in [1.82, 2.24) is 25.4 Å². The second kappa shape index (κ2) is 6.87. The van der Waals surface area contributed by atoms with Gasteiger partial charge in [0.2, 0.25) is 5.91 Å². The molecule has 2 aliphatic heterocycles. The van der Waals surface area contributed by atoms with Gasteiger partial charge in [-0.1, -0.05) is 28.5 Å². The smallest absolute Gasteiger partial charge is 0.252 e. The molecule has 1 atom stereocenters. The van der Waals surface area contributed by atoms with E-state index in [9.17, 15) is 9.59 Å². The van der Waals surface area contributed by atoms with Gasteiger partial charge in [0.05, 0.1) is 12.5 Å². The lowest BCUT2D eigenvalue weighted by atomic mass is 10.0. The summed E-state index contributed by atoms with van der Waals surface area (Å²) in [6.07, 6.45) is 0.301. The molecule has 2 aliphatic rings. The van der Waals surface area contributed by atoms with E-state index in [0.717, 1.165) is 30.0 Å². The number of hydrogen-bond donors (Lipinski definition) is 1. The molecular weight excluding hydrogens is 334 g/mol. The Labute approximate surface area is 151 Å². The van der Waals surface area contributed by atoms with E-state index in [-0.39, 0.29) is 17.9 Å². The molecule has 1 saturated heterocycles. The number of carbonyl (C=O) groups excluding carboxylic acids is 2. The number of hydrogen-bond acceptors (Lipinski definition) is 6. The predicted octanol–water partition coefficient (Wildman–Crippen LogP) is 0.897. The summed E-state index contributed by atoms with van der Waals surface area (Å²) >= 11 is 0. The van der Waals surface area contributed by atoms with Crippen LogP contribution in [0.2, 0.25) is 0 Å². The van der Waals surface area contributed by atoms with E-state index in [4.69, 9.17) is 4.63 Å². The van der Waals surface area contributed by atoms with Gasteiger partial charge in [0, 0.05) is 38.3 Å². The Bertz CT molecular complexity index is 826. The Morgan fingerprint density at radius 2 is 2.00 bits per heavy atom. The summed E-state index contributed by atoms with van der Waals surface area (Å²) in [6, 6.07) is 7.23. The topological polar surface area (TPSA) is 91.6 Å². The van der Waals surface area contributed by atoms with E-state index in [0.29, 0.717) is 31.6 Å². The first kappa shape index (κ1) is 16.7. The largest absolute Gasteiger partial charge is 0.345 e. The highest BCUT2D eigenvalue weighted by molar-refractivity contribution is 5.99. The molecule has 1 N–H and O–H groups in total. The fourth-order valence-corrected chi connectivity index (χ4v) is 3.55. The number of aryl methyl sites for hydroxylation is 1. The first-order valence-electron chi connectivity index (χ1n) is 8.80. The molecule has 1 aromatic heterocycles. The number of aromatic nitrogens is 2. The molecule has 1 unspecified atom stereocenters. The van der Waals surface area contributed by atoms with Crippen molar-refractivity contribution in [2.75, 3.05) is 26.2 Å². The maximum atomic E-state index is 12.7. The van der Waals surface area contributed by atoms with Crippen molar-refractivity contribution in [3.05, 3.63) is 46.8 Å². The zero-order valence-electron chi connectivity index (χ0n) is 14.6. The van der Waals surface area contributed by atoms with E-state index < -0.39 is 0 Å². The molecule has 0 spiro atoms. The molecule has 0 bridgehead atoms. The SMILES string of the molecule is Cc1nonc1CN1CCN(C(=O)CC2NC(=O)c3ccccc32)CC1. The van der Waals surface area contributed by atoms with Crippen LogP contribution in [0.25, 0.3) is 0 Å². The van der Waals surface area contributed by atoms with E-state index >= 15 is 0 Å². The van der Waals surface area contributed by atoms with E-state index in [1.54, 1.807) is 6.07 Å². The molecule has 3 heterocycles. The maximum Gasteiger partial charge on any atom is 0.252 e. The van der Waals surface area contributed by atoms with Gasteiger partial charge in [0.1, 0.15) is 11.4 Å². The highest BCUT2D eigenvalue weighted by Gasteiger charge is 2.31. The van der Waals surface area contributed by atoms with Crippen LogP contribution in [0.3, 0.4) is 0 Å². The van der Waals surface area contributed by atoms with Crippen LogP contribution < -0.4 is 5.32 Å². The third kappa shape index (κ3) is 3.20. The van der Waals surface area contributed by atoms with Crippen molar-refractivity contribution in [2.45, 2.75) is 25.9 Å². The molecule has 8 heteroatoms. The van der Waals surface area contributed by atoms with Gasteiger partial charge in [0.15, 0.2) is 0 Å². The van der Waals surface area contributed by atoms with Crippen molar-refractivity contribution in [1.29, 1.82) is 0 Å². The fourth-order valence-electron chi connectivity index (χ4n) is 3.55. The molecule has 2 amide bonds. The van der Waals surface area contributed by atoms with E-state index in [1.165, 1.54) is 0 Å². The third-order valence-corrected chi connectivity index (χ3v) is 5.11. The lowest BCUT2D eigenvalue weighted by molar-refractivity contribution is -0.133. The molecule has 0 saturated carbocycles. The van der Waals surface area contributed by atoms with E-state index in [1.807, 2.05) is 30.0 Å². The van der Waals surface area contributed by atoms with Crippen molar-refractivity contribution in [3.63, 3.8) is 0 Å². The predicted molar refractivity (Wildman–Crippen MR) is 92.2 cm³/mol. The first-order valence-corrected chi connectivity index (χ1v) is 8.80. The Balaban J connectivity index is 1.32. The molecule has 4 rings (SSSR count). The van der Waals surface area contributed by atoms with Crippen LogP contribution >= 0.6 is 0 Å². The Hall–Kier alpha value is -2.74. The minimum Gasteiger partial charge on any atom is -0.345 e. The molecule has 2 aromatic rings. The third-order valence-electron chi connectivity index (χ3n) is 5.11. The summed E-state index contributed by atoms with van der Waals surface area (Å²) in [5, 5.41) is 10.6. The van der Waals surface area contributed by atoms with Gasteiger partial charge in [-0.2, -0.15) is 0 Å². The van der Waals surface area contributed by atoms with Crippen LogP contribution in [0.15, 0.2) is 28.9 Å². The molecule has 1 aromatic carbocycles. The zero-order chi connectivity index (χ0) is 18.1. The van der Waals surface area contributed by atoms with Gasteiger partial charge >= 0.3 is 0 Å². The number of benzene rings is 1. The molecule has 26 heavy (non-hydrogen) atoms. The van der Waals surface area contributed by atoms with Crippen LogP contribution in [-0.2, 0) is 11.3 Å². The van der Waals surface area contributed by atoms with Crippen molar-refractivity contribution in [3.8, 4) is 0 Å². The monoisotopic (exact) mass is 355 g/mol. The number of piperazine rings is 1. The lowest BCUT2D eigenvalue weighted by Crippen LogP contribution is -2.48. The summed E-state index contributed by atoms with van der Waals surface area (Å²) in [7, 11) is 0. The van der Waals surface area contributed by atoms with Crippen LogP contribution in [0.4, 0.5) is 0 Å². The maximum absolute atomic E-state index is 12.7. The average molecular weight is 355 g/mol. The Morgan fingerprint density at radius 3 is 2.73 bits per heavy atom. The van der Waals surface area contributed by atoms with Gasteiger partial charge in [-0.25, -0.2) is 4.63 Å². The Kier molecular flexibility index (Phi) is 4.42. The minimum atomic E-state index is -0.229. The summed E-state index contributed by atoms with van der Waals surface area (Å²) in [5.41, 5.74) is 3.24. The van der Waals surface area contributed by atoms with Crippen LogP contribution in [-0.4, -0.2) is 58.1 Å². The average Bonchev–Trinajstić information content (AvgIpc) is 3.19. The number of nitrogens with one attached hydrogen (secondary N) is 1. The summed E-state index contributed by atoms with van der Waals surface area (Å²) in [6.45, 7) is 5.47. The van der Waals surface area contributed by atoms with Gasteiger partial charge in [-0.15, -0.1) is 0 Å². The second-order valence-electron chi connectivity index (χ2n) is 6.77. The van der Waals surface area contributed by atoms with Crippen molar-refractivity contribution >= 4 is 11.8 Å². The first-order chi connectivity index (χ1) is 12.6. The van der Waals surface area contributed by atoms with E-state index in [2.05, 4.69) is 20.5 Å². The molecule has 136 valence electrons. The summed E-state index contributed by atoms with van der Waals surface area (Å²) in [5.74, 6) is -0.0225. The van der Waals surface area contributed by atoms with Gasteiger partial charge in [-0.3, -0.25) is 14.5 Å². The van der Waals surface area contributed by atoms with Crippen molar-refractivity contribution < 1.29 is 14.2 Å². The highest BCUT2D eigenvalue weighted by atomic mass is 16.6. The quantitative estimate of drug-likeness (QED) is 0.876. The normalized spacial score (nSPS) is 20.1. The van der Waals surface area contributed by atoms with Crippen LogP contribution in [0, 0.1) is 6.92 Å². The van der Waals surface area contributed by atoms with Gasteiger partial charge < -0.3 is 10.2 Å². The number of amides is 2.